The van der Waals surface area contributed by atoms with Gasteiger partial charge in [-0.2, -0.15) is 0 Å². The summed E-state index contributed by atoms with van der Waals surface area (Å²) in [4.78, 5) is 9.55. The Morgan fingerprint density at radius 2 is 1.17 bits per heavy atom. The van der Waals surface area contributed by atoms with Crippen molar-refractivity contribution >= 4 is 35.1 Å². The van der Waals surface area contributed by atoms with E-state index in [0.29, 0.717) is 37.3 Å². The second kappa shape index (κ2) is 15.2. The van der Waals surface area contributed by atoms with Gasteiger partial charge in [0.15, 0.2) is 5.15 Å². The maximum absolute atomic E-state index is 6.75. The van der Waals surface area contributed by atoms with Crippen LogP contribution < -0.4 is 0 Å². The van der Waals surface area contributed by atoms with E-state index in [1.165, 1.54) is 23.5 Å². The summed E-state index contributed by atoms with van der Waals surface area (Å²) in [7, 11) is 0. The second-order valence-corrected chi connectivity index (χ2v) is 11.5. The van der Waals surface area contributed by atoms with Crippen LogP contribution in [-0.2, 0) is 38.8 Å². The van der Waals surface area contributed by atoms with Crippen molar-refractivity contribution in [1.82, 2.24) is 9.97 Å². The first-order valence-electron chi connectivity index (χ1n) is 13.4. The Balaban J connectivity index is 1.44. The number of aromatic nitrogens is 2. The molecule has 0 radical (unpaired) electrons. The van der Waals surface area contributed by atoms with Crippen molar-refractivity contribution in [1.29, 1.82) is 0 Å². The molecule has 4 atom stereocenters. The number of thioether (sulfide) groups is 2. The largest absolute Gasteiger partial charge is 0.374 e. The molecule has 0 saturated carbocycles. The Hall–Kier alpha value is -2.43. The number of rotatable bonds is 13. The summed E-state index contributed by atoms with van der Waals surface area (Å²) in [5.41, 5.74) is 3.75. The normalized spacial score (nSPS) is 20.4. The Morgan fingerprint density at radius 1 is 0.683 bits per heavy atom. The molecule has 0 spiro atoms. The zero-order valence-corrected chi connectivity index (χ0v) is 25.4. The highest BCUT2D eigenvalue weighted by molar-refractivity contribution is 8.01. The summed E-state index contributed by atoms with van der Waals surface area (Å²) < 4.78 is 26.0. The summed E-state index contributed by atoms with van der Waals surface area (Å²) in [6.07, 6.45) is 2.01. The average molecular weight is 609 g/mol. The van der Waals surface area contributed by atoms with Gasteiger partial charge in [0.1, 0.15) is 40.2 Å². The molecule has 214 valence electrons. The van der Waals surface area contributed by atoms with Crippen molar-refractivity contribution in [3.63, 3.8) is 0 Å². The molecule has 1 aromatic heterocycles. The van der Waals surface area contributed by atoms with Gasteiger partial charge in [0.25, 0.3) is 0 Å². The molecule has 0 bridgehead atoms. The first-order valence-corrected chi connectivity index (χ1v) is 16.2. The van der Waals surface area contributed by atoms with Gasteiger partial charge >= 0.3 is 0 Å². The minimum Gasteiger partial charge on any atom is -0.374 e. The van der Waals surface area contributed by atoms with Crippen LogP contribution in [0.4, 0.5) is 0 Å². The van der Waals surface area contributed by atoms with Gasteiger partial charge in [0, 0.05) is 0 Å². The average Bonchev–Trinajstić information content (AvgIpc) is 3.36. The molecule has 0 N–H and O–H groups in total. The summed E-state index contributed by atoms with van der Waals surface area (Å²) in [5.74, 6) is 0. The highest BCUT2D eigenvalue weighted by Crippen LogP contribution is 2.41. The number of benzene rings is 3. The van der Waals surface area contributed by atoms with E-state index in [-0.39, 0.29) is 0 Å². The first-order chi connectivity index (χ1) is 20.2. The van der Waals surface area contributed by atoms with Crippen LogP contribution in [0.2, 0.25) is 5.15 Å². The quantitative estimate of drug-likeness (QED) is 0.146. The summed E-state index contributed by atoms with van der Waals surface area (Å²) in [6, 6.07) is 30.2. The molecule has 5 rings (SSSR count). The molecule has 1 aliphatic heterocycles. The molecule has 1 aliphatic rings. The zero-order chi connectivity index (χ0) is 28.4. The first kappa shape index (κ1) is 30.0. The Labute approximate surface area is 255 Å². The number of nitrogens with zero attached hydrogens (tertiary/aromatic N) is 2. The summed E-state index contributed by atoms with van der Waals surface area (Å²) in [5, 5.41) is 1.89. The van der Waals surface area contributed by atoms with Crippen molar-refractivity contribution in [3.05, 3.63) is 119 Å². The van der Waals surface area contributed by atoms with E-state index in [4.69, 9.17) is 35.5 Å². The molecule has 0 amide bonds. The number of hydrogen-bond acceptors (Lipinski definition) is 8. The lowest BCUT2D eigenvalue weighted by Gasteiger charge is -2.25. The Morgan fingerprint density at radius 3 is 1.71 bits per heavy atom. The van der Waals surface area contributed by atoms with Gasteiger partial charge < -0.3 is 18.9 Å². The fraction of sp³-hybridized carbons (Fsp3) is 0.312. The SMILES string of the molecule is CSc1nc(Cl)c([C@@H]2O[C@H](COCc3ccccc3)[C@@H](OCc3ccccc3)[C@H]2OCc2ccccc2)nc1SC. The van der Waals surface area contributed by atoms with E-state index < -0.39 is 24.4 Å². The third kappa shape index (κ3) is 7.90. The lowest BCUT2D eigenvalue weighted by atomic mass is 10.0. The molecule has 4 aromatic rings. The molecule has 0 unspecified atom stereocenters. The van der Waals surface area contributed by atoms with Crippen LogP contribution in [0.15, 0.2) is 101 Å². The maximum atomic E-state index is 6.75. The second-order valence-electron chi connectivity index (χ2n) is 9.54. The standard InChI is InChI=1S/C32H33ClN2O4S2/c1-40-31-32(41-2)35-30(33)26(34-31)28-29(38-20-24-16-10-5-11-17-24)27(37-19-23-14-8-4-9-15-23)25(39-28)21-36-18-22-12-6-3-7-13-22/h3-17,25,27-29H,18-21H2,1-2H3/t25-,27-,28+,29-/m1/s1. The zero-order valence-electron chi connectivity index (χ0n) is 23.0. The van der Waals surface area contributed by atoms with Gasteiger partial charge in [-0.3, -0.25) is 0 Å². The monoisotopic (exact) mass is 608 g/mol. The Kier molecular flexibility index (Phi) is 11.1. The van der Waals surface area contributed by atoms with Crippen molar-refractivity contribution in [2.75, 3.05) is 19.1 Å². The van der Waals surface area contributed by atoms with Crippen molar-refractivity contribution in [2.24, 2.45) is 0 Å². The highest BCUT2D eigenvalue weighted by Gasteiger charge is 2.49. The summed E-state index contributed by atoms with van der Waals surface area (Å²) in [6.45, 7) is 1.58. The van der Waals surface area contributed by atoms with Crippen LogP contribution in [-0.4, -0.2) is 47.4 Å². The van der Waals surface area contributed by atoms with Gasteiger partial charge in [-0.15, -0.1) is 23.5 Å². The number of halogens is 1. The molecular formula is C32H33ClN2O4S2. The van der Waals surface area contributed by atoms with Gasteiger partial charge in [-0.1, -0.05) is 103 Å². The van der Waals surface area contributed by atoms with Crippen molar-refractivity contribution < 1.29 is 18.9 Å². The molecule has 1 fully saturated rings. The third-order valence-corrected chi connectivity index (χ3v) is 8.50. The molecule has 3 aromatic carbocycles. The Bertz CT molecular complexity index is 1370. The number of hydrogen-bond donors (Lipinski definition) is 0. The fourth-order valence-electron chi connectivity index (χ4n) is 4.71. The van der Waals surface area contributed by atoms with Gasteiger partial charge in [-0.25, -0.2) is 9.97 Å². The van der Waals surface area contributed by atoms with Crippen LogP contribution in [0, 0.1) is 0 Å². The van der Waals surface area contributed by atoms with Gasteiger partial charge in [-0.05, 0) is 29.2 Å². The maximum Gasteiger partial charge on any atom is 0.154 e. The van der Waals surface area contributed by atoms with Crippen LogP contribution in [0.25, 0.3) is 0 Å². The highest BCUT2D eigenvalue weighted by atomic mass is 35.5. The minimum absolute atomic E-state index is 0.304. The van der Waals surface area contributed by atoms with Gasteiger partial charge in [0.2, 0.25) is 0 Å². The number of ether oxygens (including phenoxy) is 4. The van der Waals surface area contributed by atoms with Crippen LogP contribution >= 0.6 is 35.1 Å². The predicted molar refractivity (Wildman–Crippen MR) is 164 cm³/mol. The minimum atomic E-state index is -0.591. The van der Waals surface area contributed by atoms with E-state index >= 15 is 0 Å². The van der Waals surface area contributed by atoms with Crippen LogP contribution in [0.1, 0.15) is 28.5 Å². The molecule has 1 saturated heterocycles. The molecule has 2 heterocycles. The fourth-order valence-corrected chi connectivity index (χ4v) is 6.31. The topological polar surface area (TPSA) is 62.7 Å². The van der Waals surface area contributed by atoms with Crippen LogP contribution in [0.5, 0.6) is 0 Å². The van der Waals surface area contributed by atoms with E-state index in [1.807, 2.05) is 104 Å². The molecule has 6 nitrogen and oxygen atoms in total. The van der Waals surface area contributed by atoms with Crippen molar-refractivity contribution in [2.45, 2.75) is 54.3 Å². The van der Waals surface area contributed by atoms with E-state index in [9.17, 15) is 0 Å². The lowest BCUT2D eigenvalue weighted by molar-refractivity contribution is -0.0898. The van der Waals surface area contributed by atoms with E-state index in [2.05, 4.69) is 4.98 Å². The van der Waals surface area contributed by atoms with Crippen LogP contribution in [0.3, 0.4) is 0 Å². The smallest absolute Gasteiger partial charge is 0.154 e. The van der Waals surface area contributed by atoms with E-state index in [0.717, 1.165) is 26.7 Å². The predicted octanol–water partition coefficient (Wildman–Crippen LogP) is 7.40. The van der Waals surface area contributed by atoms with Crippen molar-refractivity contribution in [3.8, 4) is 0 Å². The molecule has 0 aliphatic carbocycles. The third-order valence-electron chi connectivity index (χ3n) is 6.75. The molecule has 41 heavy (non-hydrogen) atoms. The van der Waals surface area contributed by atoms with E-state index in [1.54, 1.807) is 0 Å². The molecule has 9 heteroatoms. The van der Waals surface area contributed by atoms with Gasteiger partial charge in [0.05, 0.1) is 26.4 Å². The lowest BCUT2D eigenvalue weighted by Crippen LogP contribution is -2.38. The summed E-state index contributed by atoms with van der Waals surface area (Å²) >= 11 is 9.79. The molecular weight excluding hydrogens is 576 g/mol.